The maximum atomic E-state index is 9.62. The van der Waals surface area contributed by atoms with Gasteiger partial charge in [-0.2, -0.15) is 0 Å². The molecule has 5 nitrogen and oxygen atoms in total. The number of aromatic hydroxyl groups is 2. The number of thiazole rings is 1. The van der Waals surface area contributed by atoms with Crippen LogP contribution in [-0.4, -0.2) is 39.2 Å². The molecule has 3 rings (SSSR count). The Labute approximate surface area is 153 Å². The highest BCUT2D eigenvalue weighted by Crippen LogP contribution is 2.30. The molecule has 0 fully saturated rings. The highest BCUT2D eigenvalue weighted by atomic mass is 32.1. The molecule has 1 unspecified atom stereocenters. The van der Waals surface area contributed by atoms with Gasteiger partial charge in [0.05, 0.1) is 5.69 Å². The number of benzene rings is 1. The zero-order chi connectivity index (χ0) is 17.8. The Kier molecular flexibility index (Phi) is 5.81. The molecule has 0 saturated heterocycles. The predicted octanol–water partition coefficient (Wildman–Crippen LogP) is 3.34. The van der Waals surface area contributed by atoms with E-state index in [4.69, 9.17) is 5.73 Å². The fraction of sp³-hybridized carbons (Fsp3) is 0.526. The maximum absolute atomic E-state index is 9.62. The molecule has 0 aliphatic heterocycles. The quantitative estimate of drug-likeness (QED) is 0.659. The van der Waals surface area contributed by atoms with Crippen molar-refractivity contribution in [2.45, 2.75) is 51.5 Å². The minimum Gasteiger partial charge on any atom is -0.504 e. The number of nitrogen functional groups attached to an aromatic ring is 1. The first-order valence-electron chi connectivity index (χ1n) is 9.05. The Balaban J connectivity index is 1.57. The van der Waals surface area contributed by atoms with Crippen LogP contribution in [0.5, 0.6) is 11.5 Å². The summed E-state index contributed by atoms with van der Waals surface area (Å²) in [5.41, 5.74) is 8.13. The molecule has 1 aliphatic rings. The highest BCUT2D eigenvalue weighted by Gasteiger charge is 2.26. The lowest BCUT2D eigenvalue weighted by atomic mass is 9.95. The first-order chi connectivity index (χ1) is 12.1. The van der Waals surface area contributed by atoms with Crippen LogP contribution < -0.4 is 5.73 Å². The number of nitrogens with zero attached hydrogens (tertiary/aromatic N) is 2. The van der Waals surface area contributed by atoms with E-state index in [2.05, 4.69) is 16.8 Å². The van der Waals surface area contributed by atoms with Crippen LogP contribution in [0.1, 0.15) is 42.3 Å². The minimum absolute atomic E-state index is 0.0366. The predicted molar refractivity (Wildman–Crippen MR) is 102 cm³/mol. The van der Waals surface area contributed by atoms with Crippen LogP contribution in [0.3, 0.4) is 0 Å². The monoisotopic (exact) mass is 361 g/mol. The Morgan fingerprint density at radius 1 is 1.28 bits per heavy atom. The van der Waals surface area contributed by atoms with Crippen molar-refractivity contribution < 1.29 is 10.2 Å². The number of phenolic OH excluding ortho intramolecular Hbond substituents is 2. The third-order valence-electron chi connectivity index (χ3n) is 4.91. The van der Waals surface area contributed by atoms with Gasteiger partial charge in [-0.05, 0) is 69.3 Å². The Morgan fingerprint density at radius 2 is 2.12 bits per heavy atom. The molecule has 0 saturated carbocycles. The summed E-state index contributed by atoms with van der Waals surface area (Å²) < 4.78 is 0. The van der Waals surface area contributed by atoms with E-state index in [9.17, 15) is 10.2 Å². The molecule has 6 heteroatoms. The van der Waals surface area contributed by atoms with Crippen molar-refractivity contribution in [3.63, 3.8) is 0 Å². The summed E-state index contributed by atoms with van der Waals surface area (Å²) in [7, 11) is 0. The maximum Gasteiger partial charge on any atom is 0.180 e. The number of hydrogen-bond acceptors (Lipinski definition) is 6. The molecule has 25 heavy (non-hydrogen) atoms. The summed E-state index contributed by atoms with van der Waals surface area (Å²) in [6, 6.07) is 5.67. The number of fused-ring (bicyclic) bond motifs is 1. The SMILES string of the molecule is CCCN(CCCc1ccc(O)c(O)c1)C1CCc2nc(N)sc2C1. The van der Waals surface area contributed by atoms with Crippen LogP contribution in [0.4, 0.5) is 5.13 Å². The number of anilines is 1. The van der Waals surface area contributed by atoms with Crippen molar-refractivity contribution >= 4 is 16.5 Å². The standard InChI is InChI=1S/C19H27N3O2S/c1-2-9-22(10-3-4-13-5-8-16(23)17(24)11-13)14-6-7-15-18(12-14)25-19(20)21-15/h5,8,11,14,23-24H,2-4,6-7,9-10,12H2,1H3,(H2,20,21). The van der Waals surface area contributed by atoms with Crippen LogP contribution in [0.15, 0.2) is 18.2 Å². The molecule has 1 heterocycles. The van der Waals surface area contributed by atoms with E-state index in [0.717, 1.165) is 57.2 Å². The number of aryl methyl sites for hydroxylation is 2. The van der Waals surface area contributed by atoms with Gasteiger partial charge in [0.2, 0.25) is 0 Å². The molecule has 0 spiro atoms. The van der Waals surface area contributed by atoms with Crippen molar-refractivity contribution in [3.05, 3.63) is 34.3 Å². The molecule has 4 N–H and O–H groups in total. The van der Waals surface area contributed by atoms with Crippen molar-refractivity contribution in [1.82, 2.24) is 9.88 Å². The van der Waals surface area contributed by atoms with Gasteiger partial charge in [0.1, 0.15) is 0 Å². The molecule has 0 radical (unpaired) electrons. The Bertz CT molecular complexity index is 717. The van der Waals surface area contributed by atoms with Crippen molar-refractivity contribution in [2.75, 3.05) is 18.8 Å². The van der Waals surface area contributed by atoms with Gasteiger partial charge in [0.25, 0.3) is 0 Å². The third-order valence-corrected chi connectivity index (χ3v) is 5.86. The molecule has 136 valence electrons. The van der Waals surface area contributed by atoms with Crippen molar-refractivity contribution in [2.24, 2.45) is 0 Å². The molecule has 2 aromatic rings. The van der Waals surface area contributed by atoms with E-state index < -0.39 is 0 Å². The van der Waals surface area contributed by atoms with E-state index in [0.29, 0.717) is 11.2 Å². The molecule has 0 bridgehead atoms. The van der Waals surface area contributed by atoms with Gasteiger partial charge in [-0.1, -0.05) is 13.0 Å². The van der Waals surface area contributed by atoms with Crippen LogP contribution >= 0.6 is 11.3 Å². The van der Waals surface area contributed by atoms with Crippen LogP contribution in [0, 0.1) is 0 Å². The van der Waals surface area contributed by atoms with Gasteiger partial charge >= 0.3 is 0 Å². The zero-order valence-electron chi connectivity index (χ0n) is 14.7. The molecule has 1 atom stereocenters. The molecule has 1 aromatic heterocycles. The van der Waals surface area contributed by atoms with Gasteiger partial charge < -0.3 is 20.8 Å². The van der Waals surface area contributed by atoms with Crippen LogP contribution in [0.25, 0.3) is 0 Å². The van der Waals surface area contributed by atoms with Gasteiger partial charge in [-0.3, -0.25) is 0 Å². The lowest BCUT2D eigenvalue weighted by Gasteiger charge is -2.33. The van der Waals surface area contributed by atoms with Crippen molar-refractivity contribution in [1.29, 1.82) is 0 Å². The molecule has 1 aliphatic carbocycles. The second-order valence-corrected chi connectivity index (χ2v) is 7.90. The van der Waals surface area contributed by atoms with Crippen LogP contribution in [0.2, 0.25) is 0 Å². The van der Waals surface area contributed by atoms with E-state index in [1.807, 2.05) is 6.07 Å². The molecule has 0 amide bonds. The minimum atomic E-state index is -0.0572. The fourth-order valence-electron chi connectivity index (χ4n) is 3.66. The number of phenols is 2. The van der Waals surface area contributed by atoms with E-state index in [1.54, 1.807) is 23.5 Å². The fourth-order valence-corrected chi connectivity index (χ4v) is 4.61. The summed E-state index contributed by atoms with van der Waals surface area (Å²) >= 11 is 1.64. The average molecular weight is 362 g/mol. The van der Waals surface area contributed by atoms with E-state index in [-0.39, 0.29) is 11.5 Å². The number of hydrogen-bond donors (Lipinski definition) is 3. The highest BCUT2D eigenvalue weighted by molar-refractivity contribution is 7.15. The normalized spacial score (nSPS) is 17.0. The summed E-state index contributed by atoms with van der Waals surface area (Å²) in [6.45, 7) is 4.38. The smallest absolute Gasteiger partial charge is 0.180 e. The topological polar surface area (TPSA) is 82.6 Å². The lowest BCUT2D eigenvalue weighted by molar-refractivity contribution is 0.178. The van der Waals surface area contributed by atoms with E-state index >= 15 is 0 Å². The second kappa shape index (κ2) is 8.06. The van der Waals surface area contributed by atoms with Gasteiger partial charge in [-0.15, -0.1) is 11.3 Å². The van der Waals surface area contributed by atoms with E-state index in [1.165, 1.54) is 10.6 Å². The Hall–Kier alpha value is -1.79. The Morgan fingerprint density at radius 3 is 2.88 bits per heavy atom. The van der Waals surface area contributed by atoms with Gasteiger partial charge in [0.15, 0.2) is 16.6 Å². The second-order valence-electron chi connectivity index (χ2n) is 6.78. The average Bonchev–Trinajstić information content (AvgIpc) is 2.96. The molecular weight excluding hydrogens is 334 g/mol. The number of nitrogens with two attached hydrogens (primary N) is 1. The zero-order valence-corrected chi connectivity index (χ0v) is 15.6. The van der Waals surface area contributed by atoms with Crippen LogP contribution in [-0.2, 0) is 19.3 Å². The summed E-state index contributed by atoms with van der Waals surface area (Å²) in [5, 5.41) is 19.7. The number of aromatic nitrogens is 1. The summed E-state index contributed by atoms with van der Waals surface area (Å²) in [6.07, 6.45) is 6.33. The third kappa shape index (κ3) is 4.44. The molecular formula is C19H27N3O2S. The lowest BCUT2D eigenvalue weighted by Crippen LogP contribution is -2.40. The largest absolute Gasteiger partial charge is 0.504 e. The van der Waals surface area contributed by atoms with Crippen molar-refractivity contribution in [3.8, 4) is 11.5 Å². The summed E-state index contributed by atoms with van der Waals surface area (Å²) in [5.74, 6) is -0.0938. The summed E-state index contributed by atoms with van der Waals surface area (Å²) in [4.78, 5) is 8.40. The number of rotatable bonds is 7. The van der Waals surface area contributed by atoms with Gasteiger partial charge in [-0.25, -0.2) is 4.98 Å². The van der Waals surface area contributed by atoms with Gasteiger partial charge in [0, 0.05) is 10.9 Å². The first kappa shape index (κ1) is 18.0. The molecule has 1 aromatic carbocycles. The first-order valence-corrected chi connectivity index (χ1v) is 9.87.